The number of hydrogen-bond acceptors (Lipinski definition) is 1. The number of nitrogens with one attached hydrogen (secondary N) is 1. The zero-order chi connectivity index (χ0) is 13.1. The molecule has 0 radical (unpaired) electrons. The summed E-state index contributed by atoms with van der Waals surface area (Å²) in [5.41, 5.74) is 1.34. The number of halogens is 4. The van der Waals surface area contributed by atoms with E-state index in [9.17, 15) is 4.39 Å². The summed E-state index contributed by atoms with van der Waals surface area (Å²) in [7, 11) is 0. The van der Waals surface area contributed by atoms with Crippen LogP contribution in [0.15, 0.2) is 36.4 Å². The fourth-order valence-electron chi connectivity index (χ4n) is 1.52. The standard InChI is InChI=1S/C13H9Cl3FN/c14-9-4-2-6-11(13(9)16)18-7-8-3-1-5-10(17)12(8)15/h1-6,18H,7H2. The van der Waals surface area contributed by atoms with Crippen molar-refractivity contribution in [3.8, 4) is 0 Å². The summed E-state index contributed by atoms with van der Waals surface area (Å²) < 4.78 is 13.2. The number of anilines is 1. The topological polar surface area (TPSA) is 12.0 Å². The quantitative estimate of drug-likeness (QED) is 0.800. The van der Waals surface area contributed by atoms with E-state index in [2.05, 4.69) is 5.32 Å². The van der Waals surface area contributed by atoms with Crippen LogP contribution < -0.4 is 5.32 Å². The predicted molar refractivity (Wildman–Crippen MR) is 75.2 cm³/mol. The third-order valence-electron chi connectivity index (χ3n) is 2.45. The van der Waals surface area contributed by atoms with Gasteiger partial charge < -0.3 is 5.32 Å². The first-order valence-electron chi connectivity index (χ1n) is 5.20. The fraction of sp³-hybridized carbons (Fsp3) is 0.0769. The molecule has 1 N–H and O–H groups in total. The smallest absolute Gasteiger partial charge is 0.142 e. The molecule has 0 aliphatic carbocycles. The number of rotatable bonds is 3. The van der Waals surface area contributed by atoms with Crippen LogP contribution in [0.25, 0.3) is 0 Å². The van der Waals surface area contributed by atoms with Gasteiger partial charge in [0.1, 0.15) is 5.82 Å². The third kappa shape index (κ3) is 2.89. The lowest BCUT2D eigenvalue weighted by molar-refractivity contribution is 0.626. The molecule has 0 atom stereocenters. The minimum Gasteiger partial charge on any atom is -0.380 e. The Morgan fingerprint density at radius 2 is 1.67 bits per heavy atom. The molecule has 18 heavy (non-hydrogen) atoms. The Labute approximate surface area is 119 Å². The van der Waals surface area contributed by atoms with Crippen LogP contribution >= 0.6 is 34.8 Å². The Kier molecular flexibility index (Phi) is 4.33. The Bertz CT molecular complexity index is 521. The van der Waals surface area contributed by atoms with Crippen molar-refractivity contribution in [2.45, 2.75) is 6.54 Å². The summed E-state index contributed by atoms with van der Waals surface area (Å²) in [5, 5.41) is 4.09. The average Bonchev–Trinajstić information content (AvgIpc) is 2.36. The molecule has 5 heteroatoms. The Morgan fingerprint density at radius 3 is 2.44 bits per heavy atom. The maximum absolute atomic E-state index is 13.2. The SMILES string of the molecule is Fc1cccc(CNc2cccc(Cl)c2Cl)c1Cl. The van der Waals surface area contributed by atoms with Gasteiger partial charge in [0.25, 0.3) is 0 Å². The first-order chi connectivity index (χ1) is 8.59. The lowest BCUT2D eigenvalue weighted by Crippen LogP contribution is -2.01. The summed E-state index contributed by atoms with van der Waals surface area (Å²) >= 11 is 17.8. The van der Waals surface area contributed by atoms with Gasteiger partial charge in [-0.05, 0) is 23.8 Å². The van der Waals surface area contributed by atoms with Gasteiger partial charge in [0, 0.05) is 6.54 Å². The molecule has 2 aromatic carbocycles. The van der Waals surface area contributed by atoms with Crippen molar-refractivity contribution in [1.82, 2.24) is 0 Å². The van der Waals surface area contributed by atoms with Gasteiger partial charge >= 0.3 is 0 Å². The van der Waals surface area contributed by atoms with Crippen LogP contribution in [-0.2, 0) is 6.54 Å². The zero-order valence-electron chi connectivity index (χ0n) is 9.18. The Morgan fingerprint density at radius 1 is 0.944 bits per heavy atom. The normalized spacial score (nSPS) is 10.4. The molecule has 2 aromatic rings. The van der Waals surface area contributed by atoms with Crippen LogP contribution in [0.1, 0.15) is 5.56 Å². The van der Waals surface area contributed by atoms with Gasteiger partial charge in [-0.15, -0.1) is 0 Å². The highest BCUT2D eigenvalue weighted by molar-refractivity contribution is 6.43. The second-order valence-electron chi connectivity index (χ2n) is 3.67. The molecule has 2 rings (SSSR count). The van der Waals surface area contributed by atoms with Gasteiger partial charge in [0.05, 0.1) is 20.8 Å². The number of hydrogen-bond donors (Lipinski definition) is 1. The Hall–Kier alpha value is -0.960. The molecule has 0 fully saturated rings. The van der Waals surface area contributed by atoms with Crippen molar-refractivity contribution in [2.24, 2.45) is 0 Å². The summed E-state index contributed by atoms with van der Waals surface area (Å²) in [6.45, 7) is 0.372. The molecular formula is C13H9Cl3FN. The van der Waals surface area contributed by atoms with Gasteiger partial charge in [-0.2, -0.15) is 0 Å². The molecule has 0 aromatic heterocycles. The average molecular weight is 305 g/mol. The van der Waals surface area contributed by atoms with Crippen molar-refractivity contribution >= 4 is 40.5 Å². The van der Waals surface area contributed by atoms with E-state index in [0.717, 1.165) is 0 Å². The first kappa shape index (κ1) is 13.5. The van der Waals surface area contributed by atoms with Crippen molar-refractivity contribution in [1.29, 1.82) is 0 Å². The van der Waals surface area contributed by atoms with Crippen molar-refractivity contribution in [3.63, 3.8) is 0 Å². The maximum Gasteiger partial charge on any atom is 0.142 e. The van der Waals surface area contributed by atoms with Crippen LogP contribution in [0.3, 0.4) is 0 Å². The lowest BCUT2D eigenvalue weighted by atomic mass is 10.2. The molecule has 0 heterocycles. The minimum absolute atomic E-state index is 0.114. The molecule has 0 unspecified atom stereocenters. The van der Waals surface area contributed by atoms with Gasteiger partial charge in [-0.25, -0.2) is 4.39 Å². The minimum atomic E-state index is -0.437. The van der Waals surface area contributed by atoms with Gasteiger partial charge in [-0.3, -0.25) is 0 Å². The molecule has 1 nitrogen and oxygen atoms in total. The summed E-state index contributed by atoms with van der Waals surface area (Å²) in [4.78, 5) is 0. The van der Waals surface area contributed by atoms with E-state index in [0.29, 0.717) is 27.8 Å². The molecule has 0 saturated carbocycles. The predicted octanol–water partition coefficient (Wildman–Crippen LogP) is 5.40. The first-order valence-corrected chi connectivity index (χ1v) is 6.33. The molecular weight excluding hydrogens is 296 g/mol. The fourth-order valence-corrected chi connectivity index (χ4v) is 2.08. The van der Waals surface area contributed by atoms with E-state index >= 15 is 0 Å². The molecule has 0 aliphatic rings. The molecule has 0 spiro atoms. The largest absolute Gasteiger partial charge is 0.380 e. The van der Waals surface area contributed by atoms with E-state index in [1.54, 1.807) is 30.3 Å². The van der Waals surface area contributed by atoms with E-state index in [4.69, 9.17) is 34.8 Å². The van der Waals surface area contributed by atoms with Crippen molar-refractivity contribution in [3.05, 3.63) is 62.8 Å². The molecule has 0 aliphatic heterocycles. The molecule has 94 valence electrons. The lowest BCUT2D eigenvalue weighted by Gasteiger charge is -2.10. The van der Waals surface area contributed by atoms with Crippen LogP contribution in [-0.4, -0.2) is 0 Å². The highest BCUT2D eigenvalue weighted by Crippen LogP contribution is 2.30. The molecule has 0 bridgehead atoms. The third-order valence-corrected chi connectivity index (χ3v) is 3.69. The van der Waals surface area contributed by atoms with Crippen LogP contribution in [0.5, 0.6) is 0 Å². The van der Waals surface area contributed by atoms with Gasteiger partial charge in [0.2, 0.25) is 0 Å². The van der Waals surface area contributed by atoms with Crippen molar-refractivity contribution < 1.29 is 4.39 Å². The highest BCUT2D eigenvalue weighted by Gasteiger charge is 2.07. The maximum atomic E-state index is 13.2. The summed E-state index contributed by atoms with van der Waals surface area (Å²) in [5.74, 6) is -0.437. The second-order valence-corrected chi connectivity index (χ2v) is 4.83. The van der Waals surface area contributed by atoms with E-state index in [1.807, 2.05) is 0 Å². The molecule has 0 saturated heterocycles. The van der Waals surface area contributed by atoms with E-state index in [-0.39, 0.29) is 5.02 Å². The zero-order valence-corrected chi connectivity index (χ0v) is 11.5. The van der Waals surface area contributed by atoms with Crippen LogP contribution in [0.4, 0.5) is 10.1 Å². The van der Waals surface area contributed by atoms with E-state index < -0.39 is 5.82 Å². The Balaban J connectivity index is 2.17. The van der Waals surface area contributed by atoms with E-state index in [1.165, 1.54) is 6.07 Å². The number of benzene rings is 2. The molecule has 0 amide bonds. The summed E-state index contributed by atoms with van der Waals surface area (Å²) in [6.07, 6.45) is 0. The van der Waals surface area contributed by atoms with Crippen LogP contribution in [0.2, 0.25) is 15.1 Å². The van der Waals surface area contributed by atoms with Crippen LogP contribution in [0, 0.1) is 5.82 Å². The second kappa shape index (κ2) is 5.79. The monoisotopic (exact) mass is 303 g/mol. The summed E-state index contributed by atoms with van der Waals surface area (Å²) in [6, 6.07) is 9.95. The van der Waals surface area contributed by atoms with Gasteiger partial charge in [-0.1, -0.05) is 53.0 Å². The van der Waals surface area contributed by atoms with Crippen molar-refractivity contribution in [2.75, 3.05) is 5.32 Å². The highest BCUT2D eigenvalue weighted by atomic mass is 35.5. The van der Waals surface area contributed by atoms with Gasteiger partial charge in [0.15, 0.2) is 0 Å².